The lowest BCUT2D eigenvalue weighted by Gasteiger charge is -2.16. The average Bonchev–Trinajstić information content (AvgIpc) is 2.44. The topological polar surface area (TPSA) is 106 Å². The molecule has 0 saturated heterocycles. The van der Waals surface area contributed by atoms with E-state index in [1.165, 1.54) is 18.2 Å². The van der Waals surface area contributed by atoms with Gasteiger partial charge in [-0.3, -0.25) is 25.8 Å². The van der Waals surface area contributed by atoms with Crippen molar-refractivity contribution in [2.75, 3.05) is 13.7 Å². The Morgan fingerprint density at radius 3 is 2.68 bits per heavy atom. The fourth-order valence-corrected chi connectivity index (χ4v) is 1.99. The number of hydrogen-bond donors (Lipinski definition) is 3. The lowest BCUT2D eigenvalue weighted by molar-refractivity contribution is -0.385. The van der Waals surface area contributed by atoms with Crippen LogP contribution in [0.25, 0.3) is 0 Å². The molecule has 22 heavy (non-hydrogen) atoms. The van der Waals surface area contributed by atoms with Crippen LogP contribution in [0.2, 0.25) is 0 Å². The van der Waals surface area contributed by atoms with Crippen molar-refractivity contribution >= 4 is 28.9 Å². The van der Waals surface area contributed by atoms with Crippen molar-refractivity contribution in [2.45, 2.75) is 19.9 Å². The number of hydrogen-bond acceptors (Lipinski definition) is 5. The van der Waals surface area contributed by atoms with Gasteiger partial charge in [-0.1, -0.05) is 0 Å². The zero-order chi connectivity index (χ0) is 16.7. The van der Waals surface area contributed by atoms with Gasteiger partial charge in [0.05, 0.1) is 11.5 Å². The molecule has 8 nitrogen and oxygen atoms in total. The van der Waals surface area contributed by atoms with Crippen molar-refractivity contribution in [3.8, 4) is 0 Å². The summed E-state index contributed by atoms with van der Waals surface area (Å²) in [6, 6.07) is 4.11. The molecule has 0 saturated carbocycles. The van der Waals surface area contributed by atoms with E-state index < -0.39 is 10.8 Å². The number of nitro benzene ring substituents is 1. The van der Waals surface area contributed by atoms with E-state index in [-0.39, 0.29) is 16.8 Å². The van der Waals surface area contributed by atoms with E-state index in [0.717, 1.165) is 0 Å². The highest BCUT2D eigenvalue weighted by Gasteiger charge is 2.14. The van der Waals surface area contributed by atoms with Gasteiger partial charge in [0, 0.05) is 30.3 Å². The zero-order valence-corrected chi connectivity index (χ0v) is 13.3. The summed E-state index contributed by atoms with van der Waals surface area (Å²) in [6.45, 7) is 3.91. The van der Waals surface area contributed by atoms with Gasteiger partial charge in [0.25, 0.3) is 11.6 Å². The van der Waals surface area contributed by atoms with Gasteiger partial charge in [-0.05, 0) is 38.2 Å². The van der Waals surface area contributed by atoms with Gasteiger partial charge >= 0.3 is 0 Å². The van der Waals surface area contributed by atoms with E-state index in [1.54, 1.807) is 14.0 Å². The highest BCUT2D eigenvalue weighted by molar-refractivity contribution is 7.80. The maximum absolute atomic E-state index is 11.9. The van der Waals surface area contributed by atoms with Crippen molar-refractivity contribution < 1.29 is 14.5 Å². The van der Waals surface area contributed by atoms with Gasteiger partial charge < -0.3 is 10.1 Å². The molecule has 0 heterocycles. The highest BCUT2D eigenvalue weighted by atomic mass is 32.1. The van der Waals surface area contributed by atoms with Crippen LogP contribution < -0.4 is 16.2 Å². The van der Waals surface area contributed by atoms with E-state index >= 15 is 0 Å². The number of nitrogens with zero attached hydrogens (tertiary/aromatic N) is 1. The number of nitro groups is 1. The number of nitrogens with one attached hydrogen (secondary N) is 3. The van der Waals surface area contributed by atoms with Crippen LogP contribution >= 0.6 is 12.2 Å². The van der Waals surface area contributed by atoms with Crippen molar-refractivity contribution in [1.29, 1.82) is 0 Å². The molecule has 3 N–H and O–H groups in total. The molecule has 0 aliphatic carbocycles. The Balaban J connectivity index is 2.57. The fourth-order valence-electron chi connectivity index (χ4n) is 1.74. The van der Waals surface area contributed by atoms with Crippen LogP contribution in [0, 0.1) is 17.0 Å². The van der Waals surface area contributed by atoms with E-state index in [9.17, 15) is 14.9 Å². The average molecular weight is 326 g/mol. The Labute approximate surface area is 133 Å². The third-order valence-corrected chi connectivity index (χ3v) is 2.96. The molecule has 9 heteroatoms. The predicted molar refractivity (Wildman–Crippen MR) is 85.5 cm³/mol. The Morgan fingerprint density at radius 1 is 1.45 bits per heavy atom. The second-order valence-electron chi connectivity index (χ2n) is 4.67. The number of hydrazine groups is 1. The van der Waals surface area contributed by atoms with Gasteiger partial charge in [0.15, 0.2) is 5.11 Å². The summed E-state index contributed by atoms with van der Waals surface area (Å²) >= 11 is 5.01. The van der Waals surface area contributed by atoms with Crippen LogP contribution in [0.1, 0.15) is 22.8 Å². The zero-order valence-electron chi connectivity index (χ0n) is 12.5. The maximum Gasteiger partial charge on any atom is 0.272 e. The van der Waals surface area contributed by atoms with Crippen LogP contribution in [-0.2, 0) is 4.74 Å². The summed E-state index contributed by atoms with van der Waals surface area (Å²) in [5.74, 6) is -0.443. The van der Waals surface area contributed by atoms with Gasteiger partial charge in [0.2, 0.25) is 0 Å². The molecule has 0 aliphatic heterocycles. The molecule has 1 aromatic carbocycles. The molecule has 120 valence electrons. The second-order valence-corrected chi connectivity index (χ2v) is 5.08. The Hall–Kier alpha value is -2.26. The van der Waals surface area contributed by atoms with E-state index in [1.807, 2.05) is 6.92 Å². The maximum atomic E-state index is 11.9. The second kappa shape index (κ2) is 8.25. The number of aryl methyl sites for hydroxylation is 1. The summed E-state index contributed by atoms with van der Waals surface area (Å²) in [5.41, 5.74) is 5.65. The number of carbonyl (C=O) groups excluding carboxylic acids is 1. The first kappa shape index (κ1) is 17.8. The molecule has 0 radical (unpaired) electrons. The van der Waals surface area contributed by atoms with Crippen LogP contribution in [0.15, 0.2) is 18.2 Å². The first-order valence-electron chi connectivity index (χ1n) is 6.46. The van der Waals surface area contributed by atoms with Crippen LogP contribution in [0.5, 0.6) is 0 Å². The third kappa shape index (κ3) is 5.26. The number of rotatable bonds is 5. The molecule has 0 bridgehead atoms. The van der Waals surface area contributed by atoms with Crippen molar-refractivity contribution in [3.63, 3.8) is 0 Å². The quantitative estimate of drug-likeness (QED) is 0.422. The number of ether oxygens (including phenoxy) is 1. The summed E-state index contributed by atoms with van der Waals surface area (Å²) in [7, 11) is 1.58. The molecule has 1 amide bonds. The summed E-state index contributed by atoms with van der Waals surface area (Å²) in [4.78, 5) is 22.2. The molecule has 0 spiro atoms. The minimum Gasteiger partial charge on any atom is -0.383 e. The number of methoxy groups -OCH3 is 1. The molecule has 0 unspecified atom stereocenters. The first-order chi connectivity index (χ1) is 10.3. The van der Waals surface area contributed by atoms with E-state index in [2.05, 4.69) is 16.2 Å². The number of amides is 1. The molecule has 0 aliphatic rings. The lowest BCUT2D eigenvalue weighted by Crippen LogP contribution is -2.49. The standard InChI is InChI=1S/C13H18N4O4S/c1-8-6-10(4-5-11(8)17(19)20)12(18)15-16-13(22)14-9(2)7-21-3/h4-6,9H,7H2,1-3H3,(H,15,18)(H2,14,16,22)/t9-/m0/s1. The van der Waals surface area contributed by atoms with Crippen LogP contribution in [0.4, 0.5) is 5.69 Å². The molecule has 1 rings (SSSR count). The van der Waals surface area contributed by atoms with Gasteiger partial charge in [0.1, 0.15) is 0 Å². The summed E-state index contributed by atoms with van der Waals surface area (Å²) in [5, 5.41) is 13.9. The van der Waals surface area contributed by atoms with Crippen molar-refractivity contribution in [3.05, 3.63) is 39.4 Å². The minimum atomic E-state index is -0.495. The summed E-state index contributed by atoms with van der Waals surface area (Å²) < 4.78 is 4.95. The van der Waals surface area contributed by atoms with Gasteiger partial charge in [-0.25, -0.2) is 0 Å². The Bertz CT molecular complexity index is 579. The third-order valence-electron chi connectivity index (χ3n) is 2.74. The molecular weight excluding hydrogens is 308 g/mol. The Kier molecular flexibility index (Phi) is 6.67. The molecule has 0 aromatic heterocycles. The summed E-state index contributed by atoms with van der Waals surface area (Å²) in [6.07, 6.45) is 0. The molecular formula is C13H18N4O4S. The number of benzene rings is 1. The van der Waals surface area contributed by atoms with Crippen LogP contribution in [-0.4, -0.2) is 35.7 Å². The highest BCUT2D eigenvalue weighted by Crippen LogP contribution is 2.18. The number of carbonyl (C=O) groups is 1. The molecule has 0 fully saturated rings. The molecule has 1 atom stereocenters. The largest absolute Gasteiger partial charge is 0.383 e. The monoisotopic (exact) mass is 326 g/mol. The van der Waals surface area contributed by atoms with Crippen LogP contribution in [0.3, 0.4) is 0 Å². The smallest absolute Gasteiger partial charge is 0.272 e. The van der Waals surface area contributed by atoms with E-state index in [4.69, 9.17) is 17.0 Å². The first-order valence-corrected chi connectivity index (χ1v) is 6.86. The van der Waals surface area contributed by atoms with Gasteiger partial charge in [-0.2, -0.15) is 0 Å². The normalized spacial score (nSPS) is 11.4. The van der Waals surface area contributed by atoms with E-state index in [0.29, 0.717) is 17.7 Å². The minimum absolute atomic E-state index is 0.0106. The number of thiocarbonyl (C=S) groups is 1. The molecule has 1 aromatic rings. The Morgan fingerprint density at radius 2 is 2.14 bits per heavy atom. The van der Waals surface area contributed by atoms with Crippen molar-refractivity contribution in [2.24, 2.45) is 0 Å². The van der Waals surface area contributed by atoms with Crippen molar-refractivity contribution in [1.82, 2.24) is 16.2 Å². The fraction of sp³-hybridized carbons (Fsp3) is 0.385. The predicted octanol–water partition coefficient (Wildman–Crippen LogP) is 1.05. The SMILES string of the molecule is COC[C@H](C)NC(=S)NNC(=O)c1ccc([N+](=O)[O-])c(C)c1. The lowest BCUT2D eigenvalue weighted by atomic mass is 10.1. The van der Waals surface area contributed by atoms with Gasteiger partial charge in [-0.15, -0.1) is 0 Å².